The van der Waals surface area contributed by atoms with E-state index < -0.39 is 11.9 Å². The molecule has 4 heteroatoms. The van der Waals surface area contributed by atoms with Gasteiger partial charge in [-0.3, -0.25) is 9.78 Å². The normalized spacial score (nSPS) is 11.5. The largest absolute Gasteiger partial charge is 0.465 e. The van der Waals surface area contributed by atoms with E-state index in [9.17, 15) is 4.79 Å². The van der Waals surface area contributed by atoms with Gasteiger partial charge in [0.05, 0.1) is 12.7 Å². The average molecular weight is 204 g/mol. The van der Waals surface area contributed by atoms with Gasteiger partial charge in [-0.05, 0) is 31.0 Å². The van der Waals surface area contributed by atoms with Gasteiger partial charge in [-0.2, -0.15) is 5.26 Å². The molecule has 0 aromatic carbocycles. The van der Waals surface area contributed by atoms with Crippen molar-refractivity contribution in [3.05, 3.63) is 30.1 Å². The topological polar surface area (TPSA) is 63.0 Å². The second-order valence-electron chi connectivity index (χ2n) is 2.99. The van der Waals surface area contributed by atoms with Crippen LogP contribution in [-0.2, 0) is 16.0 Å². The highest BCUT2D eigenvalue weighted by atomic mass is 16.5. The summed E-state index contributed by atoms with van der Waals surface area (Å²) in [7, 11) is 0. The standard InChI is InChI=1S/C11H12N2O2/c1-2-15-11(14)10(8-12)7-9-3-5-13-6-4-9/h3-6,10H,2,7H2,1H3/t10-/m0/s1. The van der Waals surface area contributed by atoms with Crippen LogP contribution >= 0.6 is 0 Å². The van der Waals surface area contributed by atoms with Crippen molar-refractivity contribution in [1.82, 2.24) is 4.98 Å². The number of carbonyl (C=O) groups excluding carboxylic acids is 1. The highest BCUT2D eigenvalue weighted by Gasteiger charge is 2.19. The van der Waals surface area contributed by atoms with Gasteiger partial charge in [0.1, 0.15) is 5.92 Å². The number of esters is 1. The molecule has 1 aromatic rings. The van der Waals surface area contributed by atoms with Crippen LogP contribution < -0.4 is 0 Å². The third kappa shape index (κ3) is 3.39. The minimum atomic E-state index is -0.729. The molecule has 0 aliphatic carbocycles. The summed E-state index contributed by atoms with van der Waals surface area (Å²) >= 11 is 0. The van der Waals surface area contributed by atoms with Crippen LogP contribution in [0.2, 0.25) is 0 Å². The molecule has 0 aliphatic rings. The Morgan fingerprint density at radius 2 is 2.27 bits per heavy atom. The predicted molar refractivity (Wildman–Crippen MR) is 53.7 cm³/mol. The molecule has 0 amide bonds. The molecule has 0 saturated carbocycles. The van der Waals surface area contributed by atoms with E-state index in [0.29, 0.717) is 13.0 Å². The van der Waals surface area contributed by atoms with Crippen molar-refractivity contribution in [2.45, 2.75) is 13.3 Å². The lowest BCUT2D eigenvalue weighted by Crippen LogP contribution is -2.18. The molecule has 0 spiro atoms. The number of rotatable bonds is 4. The van der Waals surface area contributed by atoms with Gasteiger partial charge >= 0.3 is 5.97 Å². The van der Waals surface area contributed by atoms with Crippen LogP contribution in [0.25, 0.3) is 0 Å². The first kappa shape index (κ1) is 11.2. The fraction of sp³-hybridized carbons (Fsp3) is 0.364. The predicted octanol–water partition coefficient (Wildman–Crippen LogP) is 1.33. The first-order chi connectivity index (χ1) is 7.27. The van der Waals surface area contributed by atoms with E-state index in [4.69, 9.17) is 10.00 Å². The Bertz CT molecular complexity index is 357. The minimum absolute atomic E-state index is 0.299. The zero-order valence-corrected chi connectivity index (χ0v) is 8.51. The number of carbonyl (C=O) groups is 1. The molecule has 1 atom stereocenters. The zero-order valence-electron chi connectivity index (χ0n) is 8.51. The first-order valence-electron chi connectivity index (χ1n) is 4.73. The van der Waals surface area contributed by atoms with E-state index in [1.165, 1.54) is 0 Å². The van der Waals surface area contributed by atoms with E-state index in [1.807, 2.05) is 6.07 Å². The Hall–Kier alpha value is -1.89. The molecule has 78 valence electrons. The minimum Gasteiger partial charge on any atom is -0.465 e. The zero-order chi connectivity index (χ0) is 11.1. The smallest absolute Gasteiger partial charge is 0.323 e. The highest BCUT2D eigenvalue weighted by molar-refractivity contribution is 5.75. The van der Waals surface area contributed by atoms with Crippen molar-refractivity contribution in [2.24, 2.45) is 5.92 Å². The number of nitrogens with zero attached hydrogens (tertiary/aromatic N) is 2. The Morgan fingerprint density at radius 3 is 2.80 bits per heavy atom. The van der Waals surface area contributed by atoms with Gasteiger partial charge in [-0.25, -0.2) is 0 Å². The molecule has 1 aromatic heterocycles. The molecular weight excluding hydrogens is 192 g/mol. The maximum atomic E-state index is 11.3. The molecule has 0 unspecified atom stereocenters. The van der Waals surface area contributed by atoms with Crippen LogP contribution in [-0.4, -0.2) is 17.6 Å². The summed E-state index contributed by atoms with van der Waals surface area (Å²) in [4.78, 5) is 15.2. The van der Waals surface area contributed by atoms with E-state index in [0.717, 1.165) is 5.56 Å². The molecule has 0 radical (unpaired) electrons. The lowest BCUT2D eigenvalue weighted by Gasteiger charge is -2.07. The van der Waals surface area contributed by atoms with E-state index in [2.05, 4.69) is 4.98 Å². The molecule has 15 heavy (non-hydrogen) atoms. The lowest BCUT2D eigenvalue weighted by atomic mass is 10.0. The Balaban J connectivity index is 2.63. The van der Waals surface area contributed by atoms with Crippen molar-refractivity contribution in [1.29, 1.82) is 5.26 Å². The Kier molecular flexibility index (Phi) is 4.30. The number of aromatic nitrogens is 1. The van der Waals surface area contributed by atoms with E-state index in [1.54, 1.807) is 31.5 Å². The van der Waals surface area contributed by atoms with Crippen LogP contribution in [0.4, 0.5) is 0 Å². The first-order valence-corrected chi connectivity index (χ1v) is 4.73. The quantitative estimate of drug-likeness (QED) is 0.694. The summed E-state index contributed by atoms with van der Waals surface area (Å²) in [5.74, 6) is -1.19. The van der Waals surface area contributed by atoms with E-state index >= 15 is 0 Å². The monoisotopic (exact) mass is 204 g/mol. The van der Waals surface area contributed by atoms with Gasteiger partial charge < -0.3 is 4.74 Å². The molecule has 0 saturated heterocycles. The molecule has 0 N–H and O–H groups in total. The van der Waals surface area contributed by atoms with Gasteiger partial charge in [-0.1, -0.05) is 0 Å². The average Bonchev–Trinajstić information content (AvgIpc) is 2.27. The summed E-state index contributed by atoms with van der Waals surface area (Å²) in [6.07, 6.45) is 3.64. The third-order valence-corrected chi connectivity index (χ3v) is 1.92. The highest BCUT2D eigenvalue weighted by Crippen LogP contribution is 2.08. The van der Waals surface area contributed by atoms with Crippen molar-refractivity contribution in [2.75, 3.05) is 6.61 Å². The maximum Gasteiger partial charge on any atom is 0.323 e. The second-order valence-corrected chi connectivity index (χ2v) is 2.99. The summed E-state index contributed by atoms with van der Waals surface area (Å²) in [6, 6.07) is 5.50. The number of hydrogen-bond acceptors (Lipinski definition) is 4. The number of pyridine rings is 1. The summed E-state index contributed by atoms with van der Waals surface area (Å²) in [6.45, 7) is 2.02. The van der Waals surface area contributed by atoms with Crippen LogP contribution in [0.5, 0.6) is 0 Å². The Morgan fingerprint density at radius 1 is 1.60 bits per heavy atom. The number of nitriles is 1. The van der Waals surface area contributed by atoms with Gasteiger partial charge in [0.25, 0.3) is 0 Å². The van der Waals surface area contributed by atoms with E-state index in [-0.39, 0.29) is 0 Å². The van der Waals surface area contributed by atoms with Gasteiger partial charge in [0.15, 0.2) is 0 Å². The molecule has 1 rings (SSSR count). The molecule has 1 heterocycles. The molecule has 0 fully saturated rings. The lowest BCUT2D eigenvalue weighted by molar-refractivity contribution is -0.145. The van der Waals surface area contributed by atoms with Gasteiger partial charge in [0, 0.05) is 12.4 Å². The second kappa shape index (κ2) is 5.76. The Labute approximate surface area is 88.5 Å². The fourth-order valence-corrected chi connectivity index (χ4v) is 1.18. The van der Waals surface area contributed by atoms with Gasteiger partial charge in [-0.15, -0.1) is 0 Å². The number of ether oxygens (including phenoxy) is 1. The summed E-state index contributed by atoms with van der Waals surface area (Å²) in [5, 5.41) is 8.82. The van der Waals surface area contributed by atoms with Crippen LogP contribution in [0.15, 0.2) is 24.5 Å². The van der Waals surface area contributed by atoms with Crippen LogP contribution in [0, 0.1) is 17.2 Å². The number of hydrogen-bond donors (Lipinski definition) is 0. The molecular formula is C11H12N2O2. The fourth-order valence-electron chi connectivity index (χ4n) is 1.18. The van der Waals surface area contributed by atoms with Crippen LogP contribution in [0.1, 0.15) is 12.5 Å². The van der Waals surface area contributed by atoms with Crippen molar-refractivity contribution >= 4 is 5.97 Å². The van der Waals surface area contributed by atoms with Crippen molar-refractivity contribution < 1.29 is 9.53 Å². The molecule has 0 bridgehead atoms. The summed E-state index contributed by atoms with van der Waals surface area (Å²) in [5.41, 5.74) is 0.907. The molecule has 4 nitrogen and oxygen atoms in total. The van der Waals surface area contributed by atoms with Gasteiger partial charge in [0.2, 0.25) is 0 Å². The van der Waals surface area contributed by atoms with Crippen molar-refractivity contribution in [3.8, 4) is 6.07 Å². The summed E-state index contributed by atoms with van der Waals surface area (Å²) < 4.78 is 4.79. The van der Waals surface area contributed by atoms with Crippen molar-refractivity contribution in [3.63, 3.8) is 0 Å². The van der Waals surface area contributed by atoms with Crippen LogP contribution in [0.3, 0.4) is 0 Å². The third-order valence-electron chi connectivity index (χ3n) is 1.92. The SMILES string of the molecule is CCOC(=O)[C@H](C#N)Cc1ccncc1. The maximum absolute atomic E-state index is 11.3. The molecule has 0 aliphatic heterocycles.